The van der Waals surface area contributed by atoms with Crippen molar-refractivity contribution in [3.8, 4) is 0 Å². The third-order valence-electron chi connectivity index (χ3n) is 3.24. The predicted molar refractivity (Wildman–Crippen MR) is 71.9 cm³/mol. The van der Waals surface area contributed by atoms with Crippen LogP contribution in [0.5, 0.6) is 0 Å². The van der Waals surface area contributed by atoms with Crippen LogP contribution in [0.15, 0.2) is 29.2 Å². The molecule has 0 heterocycles. The third-order valence-corrected chi connectivity index (χ3v) is 4.47. The Morgan fingerprint density at radius 1 is 1.31 bits per heavy atom. The number of thioether (sulfide) groups is 1. The fourth-order valence-electron chi connectivity index (χ4n) is 2.34. The maximum Gasteiger partial charge on any atom is 0.0202 e. The highest BCUT2D eigenvalue weighted by molar-refractivity contribution is 7.99. The second-order valence-corrected chi connectivity index (χ2v) is 5.73. The first-order valence-electron chi connectivity index (χ1n) is 6.25. The van der Waals surface area contributed by atoms with Crippen LogP contribution in [0.1, 0.15) is 31.2 Å². The minimum Gasteiger partial charge on any atom is -0.316 e. The molecule has 2 rings (SSSR count). The summed E-state index contributed by atoms with van der Waals surface area (Å²) in [5, 5.41) is 3.20. The van der Waals surface area contributed by atoms with E-state index in [9.17, 15) is 0 Å². The number of nitrogens with one attached hydrogen (secondary N) is 1. The van der Waals surface area contributed by atoms with Gasteiger partial charge in [0.2, 0.25) is 0 Å². The van der Waals surface area contributed by atoms with Gasteiger partial charge in [0.1, 0.15) is 0 Å². The lowest BCUT2D eigenvalue weighted by Gasteiger charge is -2.09. The summed E-state index contributed by atoms with van der Waals surface area (Å²) in [5.41, 5.74) is 1.39. The van der Waals surface area contributed by atoms with Crippen LogP contribution in [-0.2, 0) is 6.54 Å². The predicted octanol–water partition coefficient (Wildman–Crippen LogP) is 3.69. The molecule has 0 spiro atoms. The standard InChI is InChI=1S/C14H21NS/c1-15-10-13-7-4-8-14(9-13)16-11-12-5-2-3-6-12/h4,7-9,12,15H,2-3,5-6,10-11H2,1H3. The Bertz CT molecular complexity index is 318. The van der Waals surface area contributed by atoms with Gasteiger partial charge in [-0.3, -0.25) is 0 Å². The molecule has 2 heteroatoms. The van der Waals surface area contributed by atoms with E-state index in [1.165, 1.54) is 41.9 Å². The van der Waals surface area contributed by atoms with E-state index >= 15 is 0 Å². The maximum atomic E-state index is 3.20. The van der Waals surface area contributed by atoms with Crippen LogP contribution in [0.4, 0.5) is 0 Å². The number of rotatable bonds is 5. The summed E-state index contributed by atoms with van der Waals surface area (Å²) in [4.78, 5) is 1.43. The number of hydrogen-bond donors (Lipinski definition) is 1. The summed E-state index contributed by atoms with van der Waals surface area (Å²) < 4.78 is 0. The summed E-state index contributed by atoms with van der Waals surface area (Å²) in [6.45, 7) is 0.970. The van der Waals surface area contributed by atoms with Gasteiger partial charge in [-0.15, -0.1) is 11.8 Å². The molecule has 0 bridgehead atoms. The van der Waals surface area contributed by atoms with E-state index in [1.54, 1.807) is 0 Å². The Morgan fingerprint density at radius 2 is 2.12 bits per heavy atom. The molecule has 1 nitrogen and oxygen atoms in total. The fraction of sp³-hybridized carbons (Fsp3) is 0.571. The second-order valence-electron chi connectivity index (χ2n) is 4.64. The Kier molecular flexibility index (Phi) is 4.73. The summed E-state index contributed by atoms with van der Waals surface area (Å²) in [6, 6.07) is 8.91. The van der Waals surface area contributed by atoms with Gasteiger partial charge in [0.05, 0.1) is 0 Å². The molecule has 1 fully saturated rings. The van der Waals surface area contributed by atoms with Crippen LogP contribution < -0.4 is 5.32 Å². The highest BCUT2D eigenvalue weighted by atomic mass is 32.2. The topological polar surface area (TPSA) is 12.0 Å². The van der Waals surface area contributed by atoms with Crippen molar-refractivity contribution in [3.63, 3.8) is 0 Å². The first kappa shape index (κ1) is 12.0. The third kappa shape index (κ3) is 3.53. The molecule has 0 amide bonds. The molecule has 1 aliphatic carbocycles. The largest absolute Gasteiger partial charge is 0.316 e. The Morgan fingerprint density at radius 3 is 2.88 bits per heavy atom. The molecule has 1 aromatic carbocycles. The highest BCUT2D eigenvalue weighted by Gasteiger charge is 2.14. The van der Waals surface area contributed by atoms with Crippen molar-refractivity contribution < 1.29 is 0 Å². The minimum atomic E-state index is 0.970. The average molecular weight is 235 g/mol. The Balaban J connectivity index is 1.85. The number of benzene rings is 1. The molecular weight excluding hydrogens is 214 g/mol. The van der Waals surface area contributed by atoms with Gasteiger partial charge in [-0.1, -0.05) is 25.0 Å². The molecule has 1 saturated carbocycles. The van der Waals surface area contributed by atoms with E-state index in [2.05, 4.69) is 29.6 Å². The number of hydrogen-bond acceptors (Lipinski definition) is 2. The lowest BCUT2D eigenvalue weighted by atomic mass is 10.1. The van der Waals surface area contributed by atoms with Gasteiger partial charge in [-0.05, 0) is 43.5 Å². The van der Waals surface area contributed by atoms with Gasteiger partial charge in [0, 0.05) is 17.2 Å². The second kappa shape index (κ2) is 6.31. The SMILES string of the molecule is CNCc1cccc(SCC2CCCC2)c1. The monoisotopic (exact) mass is 235 g/mol. The van der Waals surface area contributed by atoms with E-state index in [0.29, 0.717) is 0 Å². The van der Waals surface area contributed by atoms with Gasteiger partial charge >= 0.3 is 0 Å². The van der Waals surface area contributed by atoms with Crippen molar-refractivity contribution >= 4 is 11.8 Å². The zero-order valence-corrected chi connectivity index (χ0v) is 10.9. The molecule has 88 valence electrons. The normalized spacial score (nSPS) is 16.8. The van der Waals surface area contributed by atoms with Gasteiger partial charge < -0.3 is 5.32 Å². The van der Waals surface area contributed by atoms with Crippen molar-refractivity contribution in [2.45, 2.75) is 37.1 Å². The van der Waals surface area contributed by atoms with Gasteiger partial charge in [-0.2, -0.15) is 0 Å². The molecular formula is C14H21NS. The summed E-state index contributed by atoms with van der Waals surface area (Å²) >= 11 is 2.03. The first-order chi connectivity index (χ1) is 7.88. The van der Waals surface area contributed by atoms with Crippen LogP contribution >= 0.6 is 11.8 Å². The van der Waals surface area contributed by atoms with E-state index in [-0.39, 0.29) is 0 Å². The van der Waals surface area contributed by atoms with Crippen molar-refractivity contribution in [1.29, 1.82) is 0 Å². The Labute approximate surface area is 103 Å². The molecule has 0 unspecified atom stereocenters. The van der Waals surface area contributed by atoms with E-state index < -0.39 is 0 Å². The molecule has 1 aliphatic rings. The van der Waals surface area contributed by atoms with Crippen molar-refractivity contribution in [2.75, 3.05) is 12.8 Å². The highest BCUT2D eigenvalue weighted by Crippen LogP contribution is 2.31. The van der Waals surface area contributed by atoms with E-state index in [4.69, 9.17) is 0 Å². The van der Waals surface area contributed by atoms with Crippen molar-refractivity contribution in [2.24, 2.45) is 5.92 Å². The van der Waals surface area contributed by atoms with Crippen LogP contribution in [-0.4, -0.2) is 12.8 Å². The smallest absolute Gasteiger partial charge is 0.0202 e. The van der Waals surface area contributed by atoms with Gasteiger partial charge in [0.15, 0.2) is 0 Å². The lowest BCUT2D eigenvalue weighted by Crippen LogP contribution is -2.04. The zero-order valence-electron chi connectivity index (χ0n) is 10.0. The van der Waals surface area contributed by atoms with Crippen LogP contribution in [0.25, 0.3) is 0 Å². The van der Waals surface area contributed by atoms with Crippen molar-refractivity contribution in [3.05, 3.63) is 29.8 Å². The minimum absolute atomic E-state index is 0.970. The molecule has 16 heavy (non-hydrogen) atoms. The fourth-order valence-corrected chi connectivity index (χ4v) is 3.51. The molecule has 0 aliphatic heterocycles. The molecule has 1 aromatic rings. The summed E-state index contributed by atoms with van der Waals surface area (Å²) in [5.74, 6) is 2.28. The van der Waals surface area contributed by atoms with Crippen LogP contribution in [0.2, 0.25) is 0 Å². The van der Waals surface area contributed by atoms with Gasteiger partial charge in [0.25, 0.3) is 0 Å². The zero-order chi connectivity index (χ0) is 11.2. The molecule has 0 aromatic heterocycles. The Hall–Kier alpha value is -0.470. The quantitative estimate of drug-likeness (QED) is 0.781. The summed E-state index contributed by atoms with van der Waals surface area (Å²) in [6.07, 6.45) is 5.79. The molecule has 1 N–H and O–H groups in total. The average Bonchev–Trinajstić information content (AvgIpc) is 2.80. The van der Waals surface area contributed by atoms with E-state index in [0.717, 1.165) is 12.5 Å². The lowest BCUT2D eigenvalue weighted by molar-refractivity contribution is 0.623. The first-order valence-corrected chi connectivity index (χ1v) is 7.23. The molecule has 0 radical (unpaired) electrons. The molecule has 0 atom stereocenters. The van der Waals surface area contributed by atoms with Crippen LogP contribution in [0, 0.1) is 5.92 Å². The summed E-state index contributed by atoms with van der Waals surface area (Å²) in [7, 11) is 2.00. The van der Waals surface area contributed by atoms with Crippen LogP contribution in [0.3, 0.4) is 0 Å². The molecule has 0 saturated heterocycles. The van der Waals surface area contributed by atoms with Gasteiger partial charge in [-0.25, -0.2) is 0 Å². The van der Waals surface area contributed by atoms with Crippen molar-refractivity contribution in [1.82, 2.24) is 5.32 Å². The van der Waals surface area contributed by atoms with E-state index in [1.807, 2.05) is 18.8 Å². The maximum absolute atomic E-state index is 3.20.